The number of anilines is 2. The van der Waals surface area contributed by atoms with Crippen LogP contribution in [0.2, 0.25) is 0 Å². The van der Waals surface area contributed by atoms with Crippen LogP contribution in [0, 0.1) is 6.92 Å². The van der Waals surface area contributed by atoms with Crippen LogP contribution >= 0.6 is 0 Å². The molecule has 0 bridgehead atoms. The fourth-order valence-electron chi connectivity index (χ4n) is 3.33. The Kier molecular flexibility index (Phi) is 6.41. The van der Waals surface area contributed by atoms with E-state index in [-0.39, 0.29) is 5.91 Å². The van der Waals surface area contributed by atoms with Crippen LogP contribution in [0.25, 0.3) is 0 Å². The van der Waals surface area contributed by atoms with E-state index >= 15 is 0 Å². The van der Waals surface area contributed by atoms with Crippen LogP contribution in [0.1, 0.15) is 22.8 Å². The molecule has 0 radical (unpaired) electrons. The van der Waals surface area contributed by atoms with Crippen LogP contribution in [0.3, 0.4) is 0 Å². The molecule has 28 heavy (non-hydrogen) atoms. The van der Waals surface area contributed by atoms with Gasteiger partial charge in [0.2, 0.25) is 0 Å². The zero-order valence-corrected chi connectivity index (χ0v) is 17.1. The highest BCUT2D eigenvalue weighted by Crippen LogP contribution is 2.29. The number of hydrogen-bond donors (Lipinski definition) is 1. The highest BCUT2D eigenvalue weighted by Gasteiger charge is 2.16. The van der Waals surface area contributed by atoms with Gasteiger partial charge in [-0.1, -0.05) is 0 Å². The standard InChI is InChI=1S/C22H29N3O3/c1-5-28-21-15-17(6-9-20(21)27-4)22(26)23-19-8-7-18(14-16(19)2)25-12-10-24(3)11-13-25/h6-9,14-15H,5,10-13H2,1-4H3,(H,23,26). The first-order chi connectivity index (χ1) is 13.5. The summed E-state index contributed by atoms with van der Waals surface area (Å²) < 4.78 is 10.9. The highest BCUT2D eigenvalue weighted by molar-refractivity contribution is 6.05. The largest absolute Gasteiger partial charge is 0.493 e. The molecule has 0 atom stereocenters. The Morgan fingerprint density at radius 1 is 1.07 bits per heavy atom. The van der Waals surface area contributed by atoms with Crippen LogP contribution < -0.4 is 19.7 Å². The lowest BCUT2D eigenvalue weighted by Crippen LogP contribution is -2.44. The Hall–Kier alpha value is -2.73. The van der Waals surface area contributed by atoms with E-state index in [1.54, 1.807) is 25.3 Å². The molecule has 150 valence electrons. The first kappa shape index (κ1) is 20.0. The molecule has 3 rings (SSSR count). The second-order valence-corrected chi connectivity index (χ2v) is 7.04. The average molecular weight is 383 g/mol. The van der Waals surface area contributed by atoms with Crippen molar-refractivity contribution in [2.75, 3.05) is 57.2 Å². The molecule has 1 heterocycles. The summed E-state index contributed by atoms with van der Waals surface area (Å²) >= 11 is 0. The summed E-state index contributed by atoms with van der Waals surface area (Å²) in [6.45, 7) is 8.61. The maximum absolute atomic E-state index is 12.7. The number of benzene rings is 2. The molecule has 1 aliphatic rings. The van der Waals surface area contributed by atoms with Gasteiger partial charge in [-0.15, -0.1) is 0 Å². The normalized spacial score (nSPS) is 14.6. The number of aryl methyl sites for hydroxylation is 1. The van der Waals surface area contributed by atoms with E-state index in [0.717, 1.165) is 37.4 Å². The molecule has 2 aromatic rings. The molecule has 0 aliphatic carbocycles. The predicted molar refractivity (Wildman–Crippen MR) is 113 cm³/mol. The molecule has 1 amide bonds. The summed E-state index contributed by atoms with van der Waals surface area (Å²) in [7, 11) is 3.74. The number of nitrogens with one attached hydrogen (secondary N) is 1. The zero-order valence-electron chi connectivity index (χ0n) is 17.1. The molecule has 0 spiro atoms. The number of piperazine rings is 1. The third kappa shape index (κ3) is 4.57. The van der Waals surface area contributed by atoms with Crippen molar-refractivity contribution in [1.82, 2.24) is 4.90 Å². The number of nitrogens with zero attached hydrogens (tertiary/aromatic N) is 2. The lowest BCUT2D eigenvalue weighted by molar-refractivity contribution is 0.102. The summed E-state index contributed by atoms with van der Waals surface area (Å²) in [5, 5.41) is 3.01. The molecule has 2 aromatic carbocycles. The van der Waals surface area contributed by atoms with Gasteiger partial charge >= 0.3 is 0 Å². The Balaban J connectivity index is 1.73. The minimum atomic E-state index is -0.168. The second-order valence-electron chi connectivity index (χ2n) is 7.04. The second kappa shape index (κ2) is 8.97. The van der Waals surface area contributed by atoms with E-state index in [1.165, 1.54) is 5.69 Å². The van der Waals surface area contributed by atoms with E-state index in [1.807, 2.05) is 19.9 Å². The quantitative estimate of drug-likeness (QED) is 0.829. The van der Waals surface area contributed by atoms with Crippen molar-refractivity contribution < 1.29 is 14.3 Å². The van der Waals surface area contributed by atoms with Gasteiger partial charge in [0.1, 0.15) is 0 Å². The van der Waals surface area contributed by atoms with Gasteiger partial charge in [-0.3, -0.25) is 4.79 Å². The lowest BCUT2D eigenvalue weighted by Gasteiger charge is -2.34. The van der Waals surface area contributed by atoms with E-state index < -0.39 is 0 Å². The summed E-state index contributed by atoms with van der Waals surface area (Å²) in [6.07, 6.45) is 0. The third-order valence-corrected chi connectivity index (χ3v) is 5.05. The number of amides is 1. The molecule has 1 N–H and O–H groups in total. The molecule has 6 heteroatoms. The highest BCUT2D eigenvalue weighted by atomic mass is 16.5. The molecule has 0 aromatic heterocycles. The van der Waals surface area contributed by atoms with Gasteiger partial charge in [0.05, 0.1) is 13.7 Å². The fourth-order valence-corrected chi connectivity index (χ4v) is 3.33. The van der Waals surface area contributed by atoms with Gasteiger partial charge in [-0.2, -0.15) is 0 Å². The predicted octanol–water partition coefficient (Wildman–Crippen LogP) is 3.41. The number of rotatable bonds is 6. The zero-order chi connectivity index (χ0) is 20.1. The number of carbonyl (C=O) groups excluding carboxylic acids is 1. The minimum absolute atomic E-state index is 0.168. The Labute approximate surface area is 167 Å². The van der Waals surface area contributed by atoms with Crippen molar-refractivity contribution in [3.05, 3.63) is 47.5 Å². The lowest BCUT2D eigenvalue weighted by atomic mass is 10.1. The van der Waals surface area contributed by atoms with Crippen LogP contribution in [-0.2, 0) is 0 Å². The van der Waals surface area contributed by atoms with Crippen molar-refractivity contribution in [2.24, 2.45) is 0 Å². The summed E-state index contributed by atoms with van der Waals surface area (Å²) in [5.74, 6) is 1.02. The number of methoxy groups -OCH3 is 1. The molecule has 0 unspecified atom stereocenters. The molecular formula is C22H29N3O3. The molecule has 1 saturated heterocycles. The Morgan fingerprint density at radius 3 is 2.46 bits per heavy atom. The van der Waals surface area contributed by atoms with Gasteiger partial charge in [0.25, 0.3) is 5.91 Å². The van der Waals surface area contributed by atoms with Gasteiger partial charge in [0, 0.05) is 43.1 Å². The van der Waals surface area contributed by atoms with Gasteiger partial charge in [-0.05, 0) is 62.9 Å². The van der Waals surface area contributed by atoms with Crippen LogP contribution in [0.15, 0.2) is 36.4 Å². The molecule has 1 aliphatic heterocycles. The minimum Gasteiger partial charge on any atom is -0.493 e. The number of hydrogen-bond acceptors (Lipinski definition) is 5. The first-order valence-electron chi connectivity index (χ1n) is 9.68. The summed E-state index contributed by atoms with van der Waals surface area (Å²) in [4.78, 5) is 17.4. The smallest absolute Gasteiger partial charge is 0.255 e. The van der Waals surface area contributed by atoms with Crippen LogP contribution in [0.5, 0.6) is 11.5 Å². The van der Waals surface area contributed by atoms with Crippen LogP contribution in [-0.4, -0.2) is 57.8 Å². The van der Waals surface area contributed by atoms with Gasteiger partial charge in [0.15, 0.2) is 11.5 Å². The molecule has 6 nitrogen and oxygen atoms in total. The summed E-state index contributed by atoms with van der Waals surface area (Å²) in [6, 6.07) is 11.4. The third-order valence-electron chi connectivity index (χ3n) is 5.05. The molecule has 1 fully saturated rings. The Morgan fingerprint density at radius 2 is 1.82 bits per heavy atom. The van der Waals surface area contributed by atoms with E-state index in [4.69, 9.17) is 9.47 Å². The topological polar surface area (TPSA) is 54.0 Å². The van der Waals surface area contributed by atoms with Gasteiger partial charge < -0.3 is 24.6 Å². The maximum Gasteiger partial charge on any atom is 0.255 e. The van der Waals surface area contributed by atoms with E-state index in [2.05, 4.69) is 34.3 Å². The monoisotopic (exact) mass is 383 g/mol. The van der Waals surface area contributed by atoms with Crippen molar-refractivity contribution in [3.8, 4) is 11.5 Å². The Bertz CT molecular complexity index is 830. The average Bonchev–Trinajstić information content (AvgIpc) is 2.70. The fraction of sp³-hybridized carbons (Fsp3) is 0.409. The SMILES string of the molecule is CCOc1cc(C(=O)Nc2ccc(N3CCN(C)CC3)cc2C)ccc1OC. The van der Waals surface area contributed by atoms with Crippen molar-refractivity contribution in [2.45, 2.75) is 13.8 Å². The van der Waals surface area contributed by atoms with E-state index in [0.29, 0.717) is 23.7 Å². The molecular weight excluding hydrogens is 354 g/mol. The van der Waals surface area contributed by atoms with Crippen molar-refractivity contribution in [1.29, 1.82) is 0 Å². The number of carbonyl (C=O) groups is 1. The van der Waals surface area contributed by atoms with Crippen molar-refractivity contribution in [3.63, 3.8) is 0 Å². The number of likely N-dealkylation sites (N-methyl/N-ethyl adjacent to an activating group) is 1. The number of ether oxygens (including phenoxy) is 2. The summed E-state index contributed by atoms with van der Waals surface area (Å²) in [5.41, 5.74) is 3.60. The van der Waals surface area contributed by atoms with E-state index in [9.17, 15) is 4.79 Å². The van der Waals surface area contributed by atoms with Crippen LogP contribution in [0.4, 0.5) is 11.4 Å². The maximum atomic E-state index is 12.7. The first-order valence-corrected chi connectivity index (χ1v) is 9.68. The van der Waals surface area contributed by atoms with Crippen molar-refractivity contribution >= 4 is 17.3 Å². The molecule has 0 saturated carbocycles. The van der Waals surface area contributed by atoms with Gasteiger partial charge in [-0.25, -0.2) is 0 Å².